The van der Waals surface area contributed by atoms with Crippen molar-refractivity contribution in [2.45, 2.75) is 25.8 Å². The SMILES string of the molecule is Cc1nc2cc(F)c(-c3ccc(P(C)(C)=O)nc3)nc2c(N[C@@H](c2cc(F)cc(F)c2)C2CC2)c1Cl. The van der Waals surface area contributed by atoms with Gasteiger partial charge in [0, 0.05) is 23.9 Å². The molecule has 3 heterocycles. The van der Waals surface area contributed by atoms with E-state index in [1.165, 1.54) is 24.4 Å². The normalized spacial score (nSPS) is 14.8. The minimum Gasteiger partial charge on any atom is -0.375 e. The van der Waals surface area contributed by atoms with Gasteiger partial charge in [-0.15, -0.1) is 0 Å². The molecule has 1 aromatic carbocycles. The number of pyridine rings is 3. The molecule has 1 aliphatic carbocycles. The first-order chi connectivity index (χ1) is 17.0. The summed E-state index contributed by atoms with van der Waals surface area (Å²) in [5.41, 5.74) is 2.82. The summed E-state index contributed by atoms with van der Waals surface area (Å²) in [6.45, 7) is 4.92. The fourth-order valence-corrected chi connectivity index (χ4v) is 5.21. The molecule has 0 spiro atoms. The average molecular weight is 531 g/mol. The van der Waals surface area contributed by atoms with E-state index in [9.17, 15) is 13.3 Å². The van der Waals surface area contributed by atoms with Crippen LogP contribution in [0.15, 0.2) is 42.6 Å². The highest BCUT2D eigenvalue weighted by atomic mass is 35.5. The molecule has 0 bridgehead atoms. The van der Waals surface area contributed by atoms with Crippen LogP contribution < -0.4 is 10.8 Å². The average Bonchev–Trinajstić information content (AvgIpc) is 3.63. The summed E-state index contributed by atoms with van der Waals surface area (Å²) < 4.78 is 55.5. The molecule has 0 saturated heterocycles. The van der Waals surface area contributed by atoms with Gasteiger partial charge < -0.3 is 9.88 Å². The van der Waals surface area contributed by atoms with E-state index in [2.05, 4.69) is 20.3 Å². The molecule has 10 heteroatoms. The van der Waals surface area contributed by atoms with Crippen LogP contribution in [0.4, 0.5) is 18.9 Å². The third-order valence-electron chi connectivity index (χ3n) is 6.23. The van der Waals surface area contributed by atoms with Gasteiger partial charge in [-0.2, -0.15) is 0 Å². The molecule has 1 saturated carbocycles. The number of fused-ring (bicyclic) bond motifs is 1. The summed E-state index contributed by atoms with van der Waals surface area (Å²) in [5.74, 6) is -1.77. The van der Waals surface area contributed by atoms with Crippen LogP contribution in [0, 0.1) is 30.3 Å². The van der Waals surface area contributed by atoms with Crippen molar-refractivity contribution >= 4 is 40.9 Å². The van der Waals surface area contributed by atoms with Crippen molar-refractivity contribution in [3.63, 3.8) is 0 Å². The maximum absolute atomic E-state index is 15.1. The lowest BCUT2D eigenvalue weighted by Gasteiger charge is -2.23. The number of anilines is 1. The maximum Gasteiger partial charge on any atom is 0.151 e. The maximum atomic E-state index is 15.1. The lowest BCUT2D eigenvalue weighted by atomic mass is 10.0. The van der Waals surface area contributed by atoms with E-state index in [0.717, 1.165) is 18.9 Å². The highest BCUT2D eigenvalue weighted by Gasteiger charge is 2.34. The van der Waals surface area contributed by atoms with Crippen molar-refractivity contribution in [3.8, 4) is 11.3 Å². The summed E-state index contributed by atoms with van der Waals surface area (Å²) >= 11 is 6.65. The van der Waals surface area contributed by atoms with Crippen LogP contribution in [-0.2, 0) is 4.57 Å². The molecule has 4 aromatic rings. The number of halogens is 4. The number of aromatic nitrogens is 3. The topological polar surface area (TPSA) is 67.8 Å². The number of benzene rings is 1. The third kappa shape index (κ3) is 4.84. The van der Waals surface area contributed by atoms with Gasteiger partial charge in [-0.1, -0.05) is 11.6 Å². The molecule has 36 heavy (non-hydrogen) atoms. The molecular weight excluding hydrogens is 508 g/mol. The zero-order chi connectivity index (χ0) is 25.8. The van der Waals surface area contributed by atoms with Crippen molar-refractivity contribution in [2.75, 3.05) is 18.6 Å². The summed E-state index contributed by atoms with van der Waals surface area (Å²) in [6, 6.07) is 7.51. The molecule has 5 rings (SSSR count). The fourth-order valence-electron chi connectivity index (χ4n) is 4.26. The Balaban J connectivity index is 1.64. The molecule has 0 radical (unpaired) electrons. The fraction of sp³-hybridized carbons (Fsp3) is 0.269. The monoisotopic (exact) mass is 530 g/mol. The predicted molar refractivity (Wildman–Crippen MR) is 137 cm³/mol. The molecule has 0 unspecified atom stereocenters. The summed E-state index contributed by atoms with van der Waals surface area (Å²) in [7, 11) is -2.57. The smallest absolute Gasteiger partial charge is 0.151 e. The Morgan fingerprint density at radius 1 is 1.06 bits per heavy atom. The first-order valence-corrected chi connectivity index (χ1v) is 14.4. The summed E-state index contributed by atoms with van der Waals surface area (Å²) in [4.78, 5) is 13.2. The van der Waals surface area contributed by atoms with Crippen molar-refractivity contribution < 1.29 is 17.7 Å². The number of rotatable bonds is 6. The summed E-state index contributed by atoms with van der Waals surface area (Å²) in [5, 5.41) is 3.64. The van der Waals surface area contributed by atoms with Gasteiger partial charge in [0.25, 0.3) is 0 Å². The summed E-state index contributed by atoms with van der Waals surface area (Å²) in [6.07, 6.45) is 3.21. The molecule has 0 amide bonds. The van der Waals surface area contributed by atoms with Crippen LogP contribution in [-0.4, -0.2) is 28.3 Å². The van der Waals surface area contributed by atoms with Crippen LogP contribution in [0.25, 0.3) is 22.3 Å². The quantitative estimate of drug-likeness (QED) is 0.275. The van der Waals surface area contributed by atoms with Crippen LogP contribution >= 0.6 is 18.7 Å². The minimum atomic E-state index is -2.57. The lowest BCUT2D eigenvalue weighted by Crippen LogP contribution is -2.15. The second-order valence-corrected chi connectivity index (χ2v) is 13.0. The van der Waals surface area contributed by atoms with Gasteiger partial charge in [0.1, 0.15) is 30.0 Å². The number of nitrogens with one attached hydrogen (secondary N) is 1. The van der Waals surface area contributed by atoms with Gasteiger partial charge in [-0.25, -0.2) is 23.1 Å². The van der Waals surface area contributed by atoms with Crippen LogP contribution in [0.2, 0.25) is 5.02 Å². The minimum absolute atomic E-state index is 0.0353. The Labute approximate surface area is 211 Å². The highest BCUT2D eigenvalue weighted by molar-refractivity contribution is 7.69. The highest BCUT2D eigenvalue weighted by Crippen LogP contribution is 2.45. The van der Waals surface area contributed by atoms with E-state index >= 15 is 4.39 Å². The predicted octanol–water partition coefficient (Wildman–Crippen LogP) is 6.88. The van der Waals surface area contributed by atoms with Crippen LogP contribution in [0.3, 0.4) is 0 Å². The Morgan fingerprint density at radius 3 is 2.33 bits per heavy atom. The Bertz CT molecular complexity index is 1520. The lowest BCUT2D eigenvalue weighted by molar-refractivity contribution is 0.570. The molecule has 0 aliphatic heterocycles. The standard InChI is InChI=1S/C26H23ClF3N4OP/c1-13-22(27)26(33-23(14-4-5-14)16-8-17(28)10-18(29)9-16)25-20(32-13)11-19(30)24(34-25)15-6-7-21(31-12-15)36(2,3)35/h6-12,14,23H,4-5H2,1-3H3,(H,32,33)/t23-/m1/s1. The number of hydrogen-bond donors (Lipinski definition) is 1. The second kappa shape index (κ2) is 9.16. The van der Waals surface area contributed by atoms with E-state index in [1.54, 1.807) is 32.4 Å². The van der Waals surface area contributed by atoms with Gasteiger partial charge in [-0.3, -0.25) is 4.98 Å². The van der Waals surface area contributed by atoms with Crippen LogP contribution in [0.5, 0.6) is 0 Å². The van der Waals surface area contributed by atoms with Crippen molar-refractivity contribution in [2.24, 2.45) is 5.92 Å². The molecule has 5 nitrogen and oxygen atoms in total. The van der Waals surface area contributed by atoms with E-state index < -0.39 is 30.6 Å². The number of nitrogens with zero attached hydrogens (tertiary/aromatic N) is 3. The molecular formula is C26H23ClF3N4OP. The third-order valence-corrected chi connectivity index (χ3v) is 8.06. The first kappa shape index (κ1) is 24.7. The zero-order valence-corrected chi connectivity index (χ0v) is 21.5. The number of aryl methyl sites for hydroxylation is 1. The first-order valence-electron chi connectivity index (χ1n) is 11.4. The van der Waals surface area contributed by atoms with E-state index in [-0.39, 0.29) is 17.1 Å². The molecule has 1 aliphatic rings. The van der Waals surface area contributed by atoms with Crippen molar-refractivity contribution in [1.29, 1.82) is 0 Å². The van der Waals surface area contributed by atoms with E-state index in [4.69, 9.17) is 11.6 Å². The number of hydrogen-bond acceptors (Lipinski definition) is 5. The van der Waals surface area contributed by atoms with Crippen molar-refractivity contribution in [1.82, 2.24) is 15.0 Å². The second-order valence-electron chi connectivity index (χ2n) is 9.49. The Hall–Kier alpha value is -2.96. The van der Waals surface area contributed by atoms with Gasteiger partial charge in [0.05, 0.1) is 33.4 Å². The van der Waals surface area contributed by atoms with Gasteiger partial charge in [0.2, 0.25) is 0 Å². The van der Waals surface area contributed by atoms with E-state index in [0.29, 0.717) is 38.5 Å². The molecule has 1 atom stereocenters. The Kier molecular flexibility index (Phi) is 6.29. The Morgan fingerprint density at radius 2 is 1.75 bits per heavy atom. The van der Waals surface area contributed by atoms with Gasteiger partial charge in [-0.05, 0) is 68.8 Å². The van der Waals surface area contributed by atoms with Gasteiger partial charge in [0.15, 0.2) is 5.82 Å². The largest absolute Gasteiger partial charge is 0.375 e. The molecule has 3 aromatic heterocycles. The van der Waals surface area contributed by atoms with Crippen molar-refractivity contribution in [3.05, 3.63) is 76.3 Å². The van der Waals surface area contributed by atoms with Crippen LogP contribution in [0.1, 0.15) is 30.1 Å². The molecule has 1 N–H and O–H groups in total. The molecule has 186 valence electrons. The van der Waals surface area contributed by atoms with E-state index in [1.807, 2.05) is 0 Å². The zero-order valence-electron chi connectivity index (χ0n) is 19.8. The van der Waals surface area contributed by atoms with Gasteiger partial charge >= 0.3 is 0 Å². The molecule has 1 fully saturated rings.